The zero-order chi connectivity index (χ0) is 15.9. The van der Waals surface area contributed by atoms with Crippen LogP contribution in [0.3, 0.4) is 0 Å². The fraction of sp³-hybridized carbons (Fsp3) is 0.500. The predicted molar refractivity (Wildman–Crippen MR) is 94.3 cm³/mol. The van der Waals surface area contributed by atoms with Gasteiger partial charge in [-0.1, -0.05) is 50.3 Å². The highest BCUT2D eigenvalue weighted by Crippen LogP contribution is 2.25. The molecule has 1 aromatic carbocycles. The summed E-state index contributed by atoms with van der Waals surface area (Å²) < 4.78 is 0. The maximum atomic E-state index is 6.08. The van der Waals surface area contributed by atoms with Crippen LogP contribution in [0.1, 0.15) is 45.4 Å². The van der Waals surface area contributed by atoms with E-state index in [1.54, 1.807) is 0 Å². The molecule has 0 spiro atoms. The van der Waals surface area contributed by atoms with Crippen LogP contribution in [0.4, 0.5) is 5.69 Å². The van der Waals surface area contributed by atoms with Gasteiger partial charge in [0.15, 0.2) is 0 Å². The van der Waals surface area contributed by atoms with Gasteiger partial charge in [0.2, 0.25) is 11.9 Å². The number of benzene rings is 1. The van der Waals surface area contributed by atoms with E-state index in [9.17, 15) is 0 Å². The molecule has 6 heteroatoms. The van der Waals surface area contributed by atoms with Crippen molar-refractivity contribution in [2.45, 2.75) is 51.6 Å². The molecule has 0 saturated carbocycles. The summed E-state index contributed by atoms with van der Waals surface area (Å²) in [5.74, 6) is 0.614. The summed E-state index contributed by atoms with van der Waals surface area (Å²) in [5.41, 5.74) is 12.7. The van der Waals surface area contributed by atoms with Gasteiger partial charge in [-0.3, -0.25) is 4.90 Å². The SMILES string of the molecule is CCCCCCC[C@H]1N=C(N)N=C(N)N1c1cccc(Cl)c1. The molecule has 0 fully saturated rings. The van der Waals surface area contributed by atoms with Crippen LogP contribution in [-0.4, -0.2) is 18.1 Å². The van der Waals surface area contributed by atoms with Gasteiger partial charge in [0, 0.05) is 10.7 Å². The van der Waals surface area contributed by atoms with Crippen LogP contribution in [0.2, 0.25) is 5.02 Å². The van der Waals surface area contributed by atoms with Gasteiger partial charge in [-0.05, 0) is 31.0 Å². The maximum absolute atomic E-state index is 6.08. The summed E-state index contributed by atoms with van der Waals surface area (Å²) in [4.78, 5) is 10.4. The Labute approximate surface area is 137 Å². The number of hydrogen-bond acceptors (Lipinski definition) is 5. The van der Waals surface area contributed by atoms with E-state index in [0.29, 0.717) is 11.0 Å². The molecule has 0 saturated heterocycles. The van der Waals surface area contributed by atoms with Crippen molar-refractivity contribution in [3.05, 3.63) is 29.3 Å². The molecule has 4 N–H and O–H groups in total. The fourth-order valence-corrected chi connectivity index (χ4v) is 2.80. The van der Waals surface area contributed by atoms with Crippen molar-refractivity contribution in [2.24, 2.45) is 21.5 Å². The molecule has 120 valence electrons. The van der Waals surface area contributed by atoms with Crippen LogP contribution in [0.15, 0.2) is 34.3 Å². The van der Waals surface area contributed by atoms with Gasteiger partial charge in [-0.25, -0.2) is 4.99 Å². The molecule has 0 radical (unpaired) electrons. The van der Waals surface area contributed by atoms with Crippen molar-refractivity contribution in [2.75, 3.05) is 4.90 Å². The number of guanidine groups is 2. The van der Waals surface area contributed by atoms with Gasteiger partial charge < -0.3 is 11.5 Å². The molecule has 0 aliphatic carbocycles. The lowest BCUT2D eigenvalue weighted by Gasteiger charge is -2.32. The van der Waals surface area contributed by atoms with E-state index in [1.165, 1.54) is 25.7 Å². The molecule has 1 aliphatic heterocycles. The molecule has 5 nitrogen and oxygen atoms in total. The first-order chi connectivity index (χ1) is 10.6. The van der Waals surface area contributed by atoms with E-state index < -0.39 is 0 Å². The number of nitrogens with zero attached hydrogens (tertiary/aromatic N) is 3. The average Bonchev–Trinajstić information content (AvgIpc) is 2.46. The first-order valence-electron chi connectivity index (χ1n) is 7.84. The van der Waals surface area contributed by atoms with Crippen molar-refractivity contribution in [1.29, 1.82) is 0 Å². The molecule has 2 rings (SSSR count). The van der Waals surface area contributed by atoms with Crippen LogP contribution < -0.4 is 16.4 Å². The lowest BCUT2D eigenvalue weighted by molar-refractivity contribution is 0.546. The van der Waals surface area contributed by atoms with E-state index in [4.69, 9.17) is 23.1 Å². The van der Waals surface area contributed by atoms with Crippen molar-refractivity contribution >= 4 is 29.2 Å². The van der Waals surface area contributed by atoms with Gasteiger partial charge in [-0.15, -0.1) is 0 Å². The average molecular weight is 322 g/mol. The predicted octanol–water partition coefficient (Wildman–Crippen LogP) is 3.48. The highest BCUT2D eigenvalue weighted by atomic mass is 35.5. The van der Waals surface area contributed by atoms with Crippen molar-refractivity contribution in [1.82, 2.24) is 0 Å². The third-order valence-corrected chi connectivity index (χ3v) is 3.94. The molecular formula is C16H24ClN5. The lowest BCUT2D eigenvalue weighted by Crippen LogP contribution is -2.48. The minimum Gasteiger partial charge on any atom is -0.369 e. The number of halogens is 1. The molecular weight excluding hydrogens is 298 g/mol. The summed E-state index contributed by atoms with van der Waals surface area (Å²) in [6, 6.07) is 7.55. The molecule has 1 heterocycles. The molecule has 1 atom stereocenters. The molecule has 0 aromatic heterocycles. The number of rotatable bonds is 7. The van der Waals surface area contributed by atoms with Crippen LogP contribution in [0.5, 0.6) is 0 Å². The minimum absolute atomic E-state index is 0.113. The Balaban J connectivity index is 2.08. The Morgan fingerprint density at radius 2 is 1.95 bits per heavy atom. The molecule has 1 aliphatic rings. The number of unbranched alkanes of at least 4 members (excludes halogenated alkanes) is 4. The van der Waals surface area contributed by atoms with Gasteiger partial charge >= 0.3 is 0 Å². The third kappa shape index (κ3) is 4.37. The van der Waals surface area contributed by atoms with E-state index in [-0.39, 0.29) is 12.1 Å². The Morgan fingerprint density at radius 3 is 2.68 bits per heavy atom. The summed E-state index contributed by atoms with van der Waals surface area (Å²) >= 11 is 6.08. The van der Waals surface area contributed by atoms with Crippen molar-refractivity contribution in [3.8, 4) is 0 Å². The van der Waals surface area contributed by atoms with Crippen LogP contribution in [0, 0.1) is 0 Å². The lowest BCUT2D eigenvalue weighted by atomic mass is 10.1. The Hall–Kier alpha value is -1.75. The standard InChI is InChI=1S/C16H24ClN5/c1-2-3-4-5-6-10-14-20-15(18)21-16(19)22(14)13-9-7-8-12(17)11-13/h7-9,11,14H,2-6,10H2,1H3,(H4,18,19,20,21)/t14-/m0/s1. The van der Waals surface area contributed by atoms with E-state index in [0.717, 1.165) is 18.5 Å². The quantitative estimate of drug-likeness (QED) is 0.754. The highest BCUT2D eigenvalue weighted by molar-refractivity contribution is 6.31. The first kappa shape index (κ1) is 16.6. The van der Waals surface area contributed by atoms with Gasteiger partial charge in [0.05, 0.1) is 0 Å². The largest absolute Gasteiger partial charge is 0.369 e. The van der Waals surface area contributed by atoms with Gasteiger partial charge in [-0.2, -0.15) is 4.99 Å². The Bertz CT molecular complexity index is 555. The maximum Gasteiger partial charge on any atom is 0.220 e. The molecule has 1 aromatic rings. The first-order valence-corrected chi connectivity index (χ1v) is 8.22. The Morgan fingerprint density at radius 1 is 1.18 bits per heavy atom. The highest BCUT2D eigenvalue weighted by Gasteiger charge is 2.25. The summed E-state index contributed by atoms with van der Waals surface area (Å²) in [6.45, 7) is 2.21. The second-order valence-electron chi connectivity index (χ2n) is 5.49. The fourth-order valence-electron chi connectivity index (χ4n) is 2.62. The third-order valence-electron chi connectivity index (χ3n) is 3.71. The number of nitrogens with two attached hydrogens (primary N) is 2. The topological polar surface area (TPSA) is 80.0 Å². The second kappa shape index (κ2) is 8.03. The summed E-state index contributed by atoms with van der Waals surface area (Å²) in [6.07, 6.45) is 6.83. The van der Waals surface area contributed by atoms with E-state index in [1.807, 2.05) is 29.2 Å². The van der Waals surface area contributed by atoms with Crippen LogP contribution in [-0.2, 0) is 0 Å². The molecule has 0 amide bonds. The number of anilines is 1. The van der Waals surface area contributed by atoms with Crippen LogP contribution >= 0.6 is 11.6 Å². The monoisotopic (exact) mass is 321 g/mol. The summed E-state index contributed by atoms with van der Waals surface area (Å²) in [7, 11) is 0. The Kier molecular flexibility index (Phi) is 6.07. The zero-order valence-electron chi connectivity index (χ0n) is 13.0. The molecule has 22 heavy (non-hydrogen) atoms. The number of aliphatic imine (C=N–C) groups is 2. The van der Waals surface area contributed by atoms with E-state index in [2.05, 4.69) is 16.9 Å². The minimum atomic E-state index is -0.113. The van der Waals surface area contributed by atoms with Gasteiger partial charge in [0.1, 0.15) is 6.17 Å². The van der Waals surface area contributed by atoms with Crippen molar-refractivity contribution < 1.29 is 0 Å². The normalized spacial score (nSPS) is 18.1. The molecule has 0 bridgehead atoms. The second-order valence-corrected chi connectivity index (χ2v) is 5.93. The summed E-state index contributed by atoms with van der Waals surface area (Å²) in [5, 5.41) is 0.662. The van der Waals surface area contributed by atoms with E-state index >= 15 is 0 Å². The van der Waals surface area contributed by atoms with Crippen LogP contribution in [0.25, 0.3) is 0 Å². The molecule has 0 unspecified atom stereocenters. The zero-order valence-corrected chi connectivity index (χ0v) is 13.8. The van der Waals surface area contributed by atoms with Crippen molar-refractivity contribution in [3.63, 3.8) is 0 Å². The number of hydrogen-bond donors (Lipinski definition) is 2. The smallest absolute Gasteiger partial charge is 0.220 e. The van der Waals surface area contributed by atoms with Gasteiger partial charge in [0.25, 0.3) is 0 Å².